The maximum absolute atomic E-state index is 12.8. The van der Waals surface area contributed by atoms with Crippen LogP contribution in [-0.2, 0) is 13.5 Å². The molecule has 0 radical (unpaired) electrons. The van der Waals surface area contributed by atoms with Crippen molar-refractivity contribution < 1.29 is 13.5 Å². The first-order valence-electron chi connectivity index (χ1n) is 8.97. The average Bonchev–Trinajstić information content (AvgIpc) is 2.81. The van der Waals surface area contributed by atoms with Crippen molar-refractivity contribution in [3.8, 4) is 0 Å². The SMILES string of the molecule is CCCCP(=O)(CC)O[C@@H]1CC[C@H](O[Si](C)(C)C(C)(C)C)C1. The van der Waals surface area contributed by atoms with Gasteiger partial charge in [0.2, 0.25) is 7.37 Å². The summed E-state index contributed by atoms with van der Waals surface area (Å²) in [5.74, 6) is 0. The lowest BCUT2D eigenvalue weighted by Gasteiger charge is -2.38. The molecule has 0 aliphatic heterocycles. The highest BCUT2D eigenvalue weighted by atomic mass is 31.2. The lowest BCUT2D eigenvalue weighted by atomic mass is 10.2. The van der Waals surface area contributed by atoms with Gasteiger partial charge in [-0.05, 0) is 43.8 Å². The van der Waals surface area contributed by atoms with Gasteiger partial charge in [0.1, 0.15) is 0 Å². The Bertz CT molecular complexity index is 390. The number of hydrogen-bond acceptors (Lipinski definition) is 3. The van der Waals surface area contributed by atoms with Crippen molar-refractivity contribution in [3.63, 3.8) is 0 Å². The van der Waals surface area contributed by atoms with Crippen LogP contribution in [0.15, 0.2) is 0 Å². The van der Waals surface area contributed by atoms with Crippen LogP contribution in [0, 0.1) is 0 Å². The van der Waals surface area contributed by atoms with Crippen molar-refractivity contribution in [3.05, 3.63) is 0 Å². The molecule has 22 heavy (non-hydrogen) atoms. The maximum atomic E-state index is 12.8. The van der Waals surface area contributed by atoms with Crippen LogP contribution in [0.3, 0.4) is 0 Å². The quantitative estimate of drug-likeness (QED) is 0.396. The van der Waals surface area contributed by atoms with E-state index in [1.807, 2.05) is 6.92 Å². The van der Waals surface area contributed by atoms with E-state index in [4.69, 9.17) is 8.95 Å². The van der Waals surface area contributed by atoms with Crippen LogP contribution in [0.25, 0.3) is 0 Å². The fourth-order valence-corrected chi connectivity index (χ4v) is 6.16. The van der Waals surface area contributed by atoms with Crippen LogP contribution in [0.4, 0.5) is 0 Å². The van der Waals surface area contributed by atoms with E-state index in [1.165, 1.54) is 0 Å². The Kier molecular flexibility index (Phi) is 7.39. The molecule has 1 unspecified atom stereocenters. The predicted molar refractivity (Wildman–Crippen MR) is 98.7 cm³/mol. The predicted octanol–water partition coefficient (Wildman–Crippen LogP) is 6.04. The van der Waals surface area contributed by atoms with Gasteiger partial charge in [-0.15, -0.1) is 0 Å². The molecule has 0 aromatic rings. The van der Waals surface area contributed by atoms with Gasteiger partial charge in [0.05, 0.1) is 6.10 Å². The first-order valence-corrected chi connectivity index (χ1v) is 13.9. The van der Waals surface area contributed by atoms with Gasteiger partial charge in [0.25, 0.3) is 0 Å². The monoisotopic (exact) mass is 348 g/mol. The van der Waals surface area contributed by atoms with Crippen LogP contribution in [0.1, 0.15) is 66.7 Å². The molecule has 1 aliphatic rings. The molecule has 1 aliphatic carbocycles. The summed E-state index contributed by atoms with van der Waals surface area (Å²) >= 11 is 0. The van der Waals surface area contributed by atoms with Crippen molar-refractivity contribution in [1.82, 2.24) is 0 Å². The van der Waals surface area contributed by atoms with E-state index >= 15 is 0 Å². The molecule has 0 aromatic carbocycles. The Hall–Kier alpha value is 0.367. The molecule has 1 rings (SSSR count). The molecule has 3 nitrogen and oxygen atoms in total. The highest BCUT2D eigenvalue weighted by Gasteiger charge is 2.41. The van der Waals surface area contributed by atoms with Crippen molar-refractivity contribution in [2.75, 3.05) is 12.3 Å². The van der Waals surface area contributed by atoms with Crippen LogP contribution >= 0.6 is 7.37 Å². The maximum Gasteiger partial charge on any atom is 0.203 e. The molecular formula is C17H37O3PSi. The zero-order valence-electron chi connectivity index (χ0n) is 15.8. The summed E-state index contributed by atoms with van der Waals surface area (Å²) in [6.07, 6.45) is 6.88. The molecule has 5 heteroatoms. The normalized spacial score (nSPS) is 26.1. The fourth-order valence-electron chi connectivity index (χ4n) is 2.65. The second-order valence-electron chi connectivity index (χ2n) is 8.25. The van der Waals surface area contributed by atoms with Crippen LogP contribution < -0.4 is 0 Å². The van der Waals surface area contributed by atoms with Crippen molar-refractivity contribution in [1.29, 1.82) is 0 Å². The summed E-state index contributed by atoms with van der Waals surface area (Å²) in [4.78, 5) is 0. The third-order valence-corrected chi connectivity index (χ3v) is 12.5. The Morgan fingerprint density at radius 2 is 1.73 bits per heavy atom. The second-order valence-corrected chi connectivity index (χ2v) is 15.9. The Balaban J connectivity index is 2.54. The van der Waals surface area contributed by atoms with Crippen LogP contribution in [-0.4, -0.2) is 32.8 Å². The van der Waals surface area contributed by atoms with Crippen LogP contribution in [0.5, 0.6) is 0 Å². The molecule has 1 fully saturated rings. The summed E-state index contributed by atoms with van der Waals surface area (Å²) in [7, 11) is -4.13. The molecule has 0 bridgehead atoms. The van der Waals surface area contributed by atoms with E-state index in [9.17, 15) is 4.57 Å². The highest BCUT2D eigenvalue weighted by Crippen LogP contribution is 2.51. The molecular weight excluding hydrogens is 311 g/mol. The van der Waals surface area contributed by atoms with Gasteiger partial charge in [0.15, 0.2) is 8.32 Å². The van der Waals surface area contributed by atoms with Gasteiger partial charge < -0.3 is 8.95 Å². The largest absolute Gasteiger partial charge is 0.414 e. The summed E-state index contributed by atoms with van der Waals surface area (Å²) in [5, 5.41) is 0.242. The van der Waals surface area contributed by atoms with Gasteiger partial charge in [-0.25, -0.2) is 0 Å². The lowest BCUT2D eigenvalue weighted by molar-refractivity contribution is 0.156. The summed E-state index contributed by atoms with van der Waals surface area (Å²) in [6, 6.07) is 0. The molecule has 132 valence electrons. The molecule has 0 saturated heterocycles. The lowest BCUT2D eigenvalue weighted by Crippen LogP contribution is -2.43. The molecule has 0 N–H and O–H groups in total. The number of hydrogen-bond donors (Lipinski definition) is 0. The smallest absolute Gasteiger partial charge is 0.203 e. The minimum Gasteiger partial charge on any atom is -0.414 e. The standard InChI is InChI=1S/C17H37O3PSi/c1-8-10-13-21(18,9-2)19-15-11-12-16(14-15)20-22(6,7)17(3,4)5/h15-16H,8-14H2,1-7H3/t15-,16+,21?/m1/s1. The van der Waals surface area contributed by atoms with E-state index in [0.29, 0.717) is 12.3 Å². The van der Waals surface area contributed by atoms with Gasteiger partial charge >= 0.3 is 0 Å². The number of unbranched alkanes of at least 4 members (excludes halogenated alkanes) is 1. The first-order chi connectivity index (χ1) is 10.0. The summed E-state index contributed by atoms with van der Waals surface area (Å²) in [5.41, 5.74) is 0. The Morgan fingerprint density at radius 1 is 1.14 bits per heavy atom. The van der Waals surface area contributed by atoms with Gasteiger partial charge in [-0.2, -0.15) is 0 Å². The topological polar surface area (TPSA) is 35.5 Å². The van der Waals surface area contributed by atoms with Gasteiger partial charge in [-0.1, -0.05) is 41.0 Å². The highest BCUT2D eigenvalue weighted by molar-refractivity contribution is 7.58. The minimum absolute atomic E-state index is 0.136. The fraction of sp³-hybridized carbons (Fsp3) is 1.00. The Labute approximate surface area is 139 Å². The third-order valence-electron chi connectivity index (χ3n) is 5.28. The van der Waals surface area contributed by atoms with E-state index < -0.39 is 15.7 Å². The van der Waals surface area contributed by atoms with Gasteiger partial charge in [0, 0.05) is 18.4 Å². The molecule has 3 atom stereocenters. The first kappa shape index (κ1) is 20.4. The molecule has 0 aromatic heterocycles. The zero-order valence-corrected chi connectivity index (χ0v) is 17.7. The zero-order chi connectivity index (χ0) is 17.0. The number of rotatable bonds is 8. The minimum atomic E-state index is -2.42. The van der Waals surface area contributed by atoms with E-state index in [2.05, 4.69) is 40.8 Å². The molecule has 0 spiro atoms. The van der Waals surface area contributed by atoms with Gasteiger partial charge in [-0.3, -0.25) is 4.57 Å². The van der Waals surface area contributed by atoms with Crippen LogP contribution in [0.2, 0.25) is 18.1 Å². The van der Waals surface area contributed by atoms with Crippen molar-refractivity contribution >= 4 is 15.7 Å². The average molecular weight is 349 g/mol. The third kappa shape index (κ3) is 5.78. The summed E-state index contributed by atoms with van der Waals surface area (Å²) < 4.78 is 25.4. The molecule has 0 heterocycles. The van der Waals surface area contributed by atoms with E-state index in [1.54, 1.807) is 0 Å². The molecule has 0 amide bonds. The van der Waals surface area contributed by atoms with Crippen molar-refractivity contribution in [2.24, 2.45) is 0 Å². The molecule has 1 saturated carbocycles. The van der Waals surface area contributed by atoms with Crippen molar-refractivity contribution in [2.45, 2.75) is 97.1 Å². The van der Waals surface area contributed by atoms with E-state index in [0.717, 1.165) is 38.3 Å². The Morgan fingerprint density at radius 3 is 2.23 bits per heavy atom. The summed E-state index contributed by atoms with van der Waals surface area (Å²) in [6.45, 7) is 15.6. The second kappa shape index (κ2) is 7.96. The van der Waals surface area contributed by atoms with E-state index in [-0.39, 0.29) is 11.1 Å².